The van der Waals surface area contributed by atoms with Crippen molar-refractivity contribution in [1.82, 2.24) is 0 Å². The highest BCUT2D eigenvalue weighted by Crippen LogP contribution is 2.29. The van der Waals surface area contributed by atoms with Crippen molar-refractivity contribution in [3.8, 4) is 0 Å². The lowest BCUT2D eigenvalue weighted by Gasteiger charge is -2.20. The molecule has 0 radical (unpaired) electrons. The fourth-order valence-electron chi connectivity index (χ4n) is 2.80. The van der Waals surface area contributed by atoms with Crippen LogP contribution in [0.5, 0.6) is 0 Å². The number of hydrogen-bond donors (Lipinski definition) is 1. The Morgan fingerprint density at radius 1 is 1.04 bits per heavy atom. The maximum absolute atomic E-state index is 12.5. The summed E-state index contributed by atoms with van der Waals surface area (Å²) in [5.41, 5.74) is 4.96. The summed E-state index contributed by atoms with van der Waals surface area (Å²) in [4.78, 5) is 14.7. The highest BCUT2D eigenvalue weighted by molar-refractivity contribution is 6.30. The third-order valence-corrected chi connectivity index (χ3v) is 4.40. The fourth-order valence-corrected chi connectivity index (χ4v) is 2.93. The topological polar surface area (TPSA) is 32.3 Å². The summed E-state index contributed by atoms with van der Waals surface area (Å²) >= 11 is 5.87. The summed E-state index contributed by atoms with van der Waals surface area (Å²) in [6.45, 7) is 4.91. The number of carbonyl (C=O) groups is 1. The molecule has 1 N–H and O–H groups in total. The molecule has 0 saturated heterocycles. The minimum absolute atomic E-state index is 0.0422. The van der Waals surface area contributed by atoms with Gasteiger partial charge in [0, 0.05) is 34.2 Å². The van der Waals surface area contributed by atoms with Crippen LogP contribution >= 0.6 is 11.6 Å². The van der Waals surface area contributed by atoms with Crippen LogP contribution < -0.4 is 10.2 Å². The maximum Gasteiger partial charge on any atom is 0.253 e. The molecule has 23 heavy (non-hydrogen) atoms. The Kier molecular flexibility index (Phi) is 4.39. The Balaban J connectivity index is 1.77. The number of nitrogens with one attached hydrogen (secondary N) is 1. The van der Waals surface area contributed by atoms with E-state index in [1.54, 1.807) is 12.1 Å². The van der Waals surface area contributed by atoms with Gasteiger partial charge in [0.25, 0.3) is 5.91 Å². The van der Waals surface area contributed by atoms with Gasteiger partial charge < -0.3 is 10.2 Å². The minimum Gasteiger partial charge on any atom is -0.345 e. The number of amides is 1. The van der Waals surface area contributed by atoms with E-state index < -0.39 is 0 Å². The molecule has 0 atom stereocenters. The number of aryl methyl sites for hydroxylation is 1. The molecular formula is C19H19ClN2O. The largest absolute Gasteiger partial charge is 0.345 e. The number of nitrogens with zero attached hydrogens (tertiary/aromatic N) is 1. The average Bonchev–Trinajstić information content (AvgIpc) is 2.92. The second-order valence-electron chi connectivity index (χ2n) is 5.76. The van der Waals surface area contributed by atoms with E-state index >= 15 is 0 Å². The Hall–Kier alpha value is -2.26. The summed E-state index contributed by atoms with van der Waals surface area (Å²) in [7, 11) is 0. The van der Waals surface area contributed by atoms with Gasteiger partial charge in [0.2, 0.25) is 0 Å². The number of carbonyl (C=O) groups excluding carboxylic acids is 1. The highest BCUT2D eigenvalue weighted by Gasteiger charge is 2.25. The number of halogens is 1. The number of benzene rings is 2. The van der Waals surface area contributed by atoms with E-state index in [-0.39, 0.29) is 5.91 Å². The van der Waals surface area contributed by atoms with Gasteiger partial charge in [0.1, 0.15) is 0 Å². The van der Waals surface area contributed by atoms with Gasteiger partial charge in [-0.1, -0.05) is 29.3 Å². The Bertz CT molecular complexity index is 748. The smallest absolute Gasteiger partial charge is 0.253 e. The first-order chi connectivity index (χ1) is 11.0. The second kappa shape index (κ2) is 6.47. The van der Waals surface area contributed by atoms with Crippen molar-refractivity contribution in [2.24, 2.45) is 0 Å². The van der Waals surface area contributed by atoms with Crippen LogP contribution in [0, 0.1) is 6.92 Å². The van der Waals surface area contributed by atoms with E-state index in [0.717, 1.165) is 35.6 Å². The van der Waals surface area contributed by atoms with Crippen molar-refractivity contribution < 1.29 is 4.79 Å². The van der Waals surface area contributed by atoms with Gasteiger partial charge in [0.05, 0.1) is 0 Å². The monoisotopic (exact) mass is 326 g/mol. The van der Waals surface area contributed by atoms with Crippen molar-refractivity contribution in [3.05, 3.63) is 70.4 Å². The predicted molar refractivity (Wildman–Crippen MR) is 95.9 cm³/mol. The lowest BCUT2D eigenvalue weighted by Crippen LogP contribution is -2.17. The van der Waals surface area contributed by atoms with Gasteiger partial charge in [-0.25, -0.2) is 0 Å². The zero-order valence-corrected chi connectivity index (χ0v) is 14.0. The van der Waals surface area contributed by atoms with E-state index in [9.17, 15) is 4.79 Å². The van der Waals surface area contributed by atoms with Crippen LogP contribution in [0.25, 0.3) is 0 Å². The van der Waals surface area contributed by atoms with Crippen molar-refractivity contribution in [3.63, 3.8) is 0 Å². The molecule has 1 amide bonds. The van der Waals surface area contributed by atoms with Crippen molar-refractivity contribution in [2.45, 2.75) is 20.3 Å². The third kappa shape index (κ3) is 3.40. The summed E-state index contributed by atoms with van der Waals surface area (Å²) in [6.07, 6.45) is 0.749. The standard InChI is InChI=1S/C19H19ClN2O/c1-13-3-9-17(10-4-13)22-12-11-18(14(22)2)19(23)21-16-7-5-15(20)6-8-16/h3-10H,11-12H2,1-2H3,(H,21,23). The molecule has 1 heterocycles. The van der Waals surface area contributed by atoms with Gasteiger partial charge in [0.15, 0.2) is 0 Å². The zero-order chi connectivity index (χ0) is 16.4. The van der Waals surface area contributed by atoms with Crippen LogP contribution in [0.1, 0.15) is 18.9 Å². The van der Waals surface area contributed by atoms with E-state index in [0.29, 0.717) is 5.02 Å². The SMILES string of the molecule is CC1=C(C(=O)Nc2ccc(Cl)cc2)CCN1c1ccc(C)cc1. The fraction of sp³-hybridized carbons (Fsp3) is 0.211. The van der Waals surface area contributed by atoms with E-state index in [1.807, 2.05) is 19.1 Å². The normalized spacial score (nSPS) is 14.3. The van der Waals surface area contributed by atoms with E-state index in [1.165, 1.54) is 5.56 Å². The van der Waals surface area contributed by atoms with Gasteiger partial charge in [-0.2, -0.15) is 0 Å². The van der Waals surface area contributed by atoms with Crippen LogP contribution in [0.2, 0.25) is 5.02 Å². The molecule has 1 aliphatic heterocycles. The molecule has 0 unspecified atom stereocenters. The van der Waals surface area contributed by atoms with Gasteiger partial charge >= 0.3 is 0 Å². The molecule has 2 aromatic carbocycles. The second-order valence-corrected chi connectivity index (χ2v) is 6.20. The maximum atomic E-state index is 12.5. The Morgan fingerprint density at radius 2 is 1.70 bits per heavy atom. The number of allylic oxidation sites excluding steroid dienone is 1. The third-order valence-electron chi connectivity index (χ3n) is 4.15. The van der Waals surface area contributed by atoms with Crippen LogP contribution in [0.3, 0.4) is 0 Å². The van der Waals surface area contributed by atoms with Crippen LogP contribution in [0.15, 0.2) is 59.8 Å². The highest BCUT2D eigenvalue weighted by atomic mass is 35.5. The number of anilines is 2. The van der Waals surface area contributed by atoms with Gasteiger partial charge in [-0.15, -0.1) is 0 Å². The van der Waals surface area contributed by atoms with E-state index in [2.05, 4.69) is 41.4 Å². The molecule has 0 aromatic heterocycles. The quantitative estimate of drug-likeness (QED) is 0.881. The first-order valence-corrected chi connectivity index (χ1v) is 8.03. The van der Waals surface area contributed by atoms with Gasteiger partial charge in [-0.05, 0) is 56.7 Å². The Morgan fingerprint density at radius 3 is 2.35 bits per heavy atom. The predicted octanol–water partition coefficient (Wildman–Crippen LogP) is 4.77. The molecule has 0 aliphatic carbocycles. The summed E-state index contributed by atoms with van der Waals surface area (Å²) < 4.78 is 0. The van der Waals surface area contributed by atoms with Gasteiger partial charge in [-0.3, -0.25) is 4.79 Å². The average molecular weight is 327 g/mol. The Labute approximate surface area is 141 Å². The van der Waals surface area contributed by atoms with Crippen molar-refractivity contribution in [2.75, 3.05) is 16.8 Å². The number of hydrogen-bond acceptors (Lipinski definition) is 2. The summed E-state index contributed by atoms with van der Waals surface area (Å²) in [5.74, 6) is -0.0422. The van der Waals surface area contributed by atoms with Crippen LogP contribution in [-0.2, 0) is 4.79 Å². The first kappa shape index (κ1) is 15.6. The van der Waals surface area contributed by atoms with Crippen LogP contribution in [-0.4, -0.2) is 12.5 Å². The lowest BCUT2D eigenvalue weighted by atomic mass is 10.1. The first-order valence-electron chi connectivity index (χ1n) is 7.65. The zero-order valence-electron chi connectivity index (χ0n) is 13.3. The molecule has 0 saturated carbocycles. The molecule has 118 valence electrons. The van der Waals surface area contributed by atoms with Crippen molar-refractivity contribution >= 4 is 28.9 Å². The van der Waals surface area contributed by atoms with Crippen molar-refractivity contribution in [1.29, 1.82) is 0 Å². The molecular weight excluding hydrogens is 308 g/mol. The molecule has 0 spiro atoms. The van der Waals surface area contributed by atoms with Crippen LogP contribution in [0.4, 0.5) is 11.4 Å². The summed E-state index contributed by atoms with van der Waals surface area (Å²) in [5, 5.41) is 3.60. The number of rotatable bonds is 3. The van der Waals surface area contributed by atoms with E-state index in [4.69, 9.17) is 11.6 Å². The molecule has 1 aliphatic rings. The molecule has 3 rings (SSSR count). The molecule has 0 fully saturated rings. The minimum atomic E-state index is -0.0422. The lowest BCUT2D eigenvalue weighted by molar-refractivity contribution is -0.112. The summed E-state index contributed by atoms with van der Waals surface area (Å²) in [6, 6.07) is 15.5. The molecule has 2 aromatic rings. The molecule has 0 bridgehead atoms. The molecule has 4 heteroatoms. The molecule has 3 nitrogen and oxygen atoms in total.